The molecule has 0 atom stereocenters. The third-order valence-electron chi connectivity index (χ3n) is 5.90. The van der Waals surface area contributed by atoms with E-state index in [1.807, 2.05) is 18.5 Å². The van der Waals surface area contributed by atoms with Gasteiger partial charge in [0, 0.05) is 51.2 Å². The average molecular weight is 431 g/mol. The maximum Gasteiger partial charge on any atom is 0.191 e. The van der Waals surface area contributed by atoms with Crippen molar-refractivity contribution in [2.45, 2.75) is 45.4 Å². The molecule has 1 saturated heterocycles. The Balaban J connectivity index is 1.30. The number of aromatic nitrogens is 2. The van der Waals surface area contributed by atoms with Crippen LogP contribution >= 0.6 is 0 Å². The highest BCUT2D eigenvalue weighted by Crippen LogP contribution is 2.14. The fourth-order valence-corrected chi connectivity index (χ4v) is 4.16. The molecule has 6 nitrogen and oxygen atoms in total. The molecule has 0 saturated carbocycles. The Kier molecular flexibility index (Phi) is 7.93. The molecule has 6 heteroatoms. The van der Waals surface area contributed by atoms with Crippen LogP contribution < -0.4 is 10.6 Å². The van der Waals surface area contributed by atoms with Crippen molar-refractivity contribution in [3.8, 4) is 0 Å². The van der Waals surface area contributed by atoms with Crippen molar-refractivity contribution in [3.05, 3.63) is 90.0 Å². The van der Waals surface area contributed by atoms with Gasteiger partial charge in [0.05, 0.1) is 0 Å². The van der Waals surface area contributed by atoms with Crippen molar-refractivity contribution < 1.29 is 0 Å². The molecule has 3 aromatic rings. The van der Waals surface area contributed by atoms with Crippen LogP contribution in [0.15, 0.2) is 78.0 Å². The largest absolute Gasteiger partial charge is 0.357 e. The quantitative estimate of drug-likeness (QED) is 0.423. The summed E-state index contributed by atoms with van der Waals surface area (Å²) in [6.07, 6.45) is 6.14. The standard InChI is InChI=1S/C26H34N6/c1-2-27-26(29-19-25-28-15-18-32(25)21-23-11-7-4-8-12-23)30-24-13-16-31(17-14-24)20-22-9-5-3-6-10-22/h3-12,15,18,24H,2,13-14,16-17,19-21H2,1H3,(H2,27,29,30). The lowest BCUT2D eigenvalue weighted by molar-refractivity contribution is 0.198. The molecule has 0 radical (unpaired) electrons. The zero-order valence-corrected chi connectivity index (χ0v) is 19.0. The average Bonchev–Trinajstić information content (AvgIpc) is 3.27. The number of imidazole rings is 1. The zero-order chi connectivity index (χ0) is 22.0. The molecule has 0 spiro atoms. The second-order valence-electron chi connectivity index (χ2n) is 8.33. The van der Waals surface area contributed by atoms with Crippen LogP contribution in [-0.4, -0.2) is 46.1 Å². The Morgan fingerprint density at radius 1 is 0.969 bits per heavy atom. The first-order valence-electron chi connectivity index (χ1n) is 11.6. The number of aliphatic imine (C=N–C) groups is 1. The lowest BCUT2D eigenvalue weighted by Gasteiger charge is -2.33. The summed E-state index contributed by atoms with van der Waals surface area (Å²) in [5, 5.41) is 7.05. The van der Waals surface area contributed by atoms with E-state index < -0.39 is 0 Å². The zero-order valence-electron chi connectivity index (χ0n) is 19.0. The Hall–Kier alpha value is -3.12. The minimum Gasteiger partial charge on any atom is -0.357 e. The van der Waals surface area contributed by atoms with Crippen LogP contribution in [0.5, 0.6) is 0 Å². The fourth-order valence-electron chi connectivity index (χ4n) is 4.16. The number of hydrogen-bond acceptors (Lipinski definition) is 3. The molecule has 0 bridgehead atoms. The topological polar surface area (TPSA) is 57.5 Å². The maximum atomic E-state index is 4.84. The monoisotopic (exact) mass is 430 g/mol. The summed E-state index contributed by atoms with van der Waals surface area (Å²) in [6, 6.07) is 21.7. The lowest BCUT2D eigenvalue weighted by atomic mass is 10.0. The normalized spacial score (nSPS) is 15.6. The predicted octanol–water partition coefficient (Wildman–Crippen LogP) is 3.65. The Morgan fingerprint density at radius 2 is 1.62 bits per heavy atom. The highest BCUT2D eigenvalue weighted by molar-refractivity contribution is 5.80. The predicted molar refractivity (Wildman–Crippen MR) is 130 cm³/mol. The highest BCUT2D eigenvalue weighted by Gasteiger charge is 2.20. The first-order chi connectivity index (χ1) is 15.8. The molecular weight excluding hydrogens is 396 g/mol. The number of piperidine rings is 1. The number of hydrogen-bond donors (Lipinski definition) is 2. The molecule has 0 unspecified atom stereocenters. The number of rotatable bonds is 8. The number of nitrogens with one attached hydrogen (secondary N) is 2. The van der Waals surface area contributed by atoms with Crippen molar-refractivity contribution in [3.63, 3.8) is 0 Å². The molecular formula is C26H34N6. The number of guanidine groups is 1. The molecule has 0 aliphatic carbocycles. The summed E-state index contributed by atoms with van der Waals surface area (Å²) in [4.78, 5) is 11.9. The molecule has 1 aromatic heterocycles. The van der Waals surface area contributed by atoms with Gasteiger partial charge in [-0.05, 0) is 30.9 Å². The summed E-state index contributed by atoms with van der Waals surface area (Å²) in [5.41, 5.74) is 2.66. The van der Waals surface area contributed by atoms with Gasteiger partial charge in [-0.25, -0.2) is 9.98 Å². The molecule has 32 heavy (non-hydrogen) atoms. The van der Waals surface area contributed by atoms with Crippen LogP contribution in [-0.2, 0) is 19.6 Å². The number of nitrogens with zero attached hydrogens (tertiary/aromatic N) is 4. The Morgan fingerprint density at radius 3 is 2.28 bits per heavy atom. The summed E-state index contributed by atoms with van der Waals surface area (Å²) in [5.74, 6) is 1.85. The van der Waals surface area contributed by atoms with Gasteiger partial charge < -0.3 is 15.2 Å². The van der Waals surface area contributed by atoms with Gasteiger partial charge in [0.1, 0.15) is 12.4 Å². The van der Waals surface area contributed by atoms with Gasteiger partial charge >= 0.3 is 0 Å². The molecule has 0 amide bonds. The first kappa shape index (κ1) is 22.1. The molecule has 1 aliphatic heterocycles. The second-order valence-corrected chi connectivity index (χ2v) is 8.33. The Bertz CT molecular complexity index is 958. The summed E-state index contributed by atoms with van der Waals surface area (Å²) in [7, 11) is 0. The molecule has 1 fully saturated rings. The smallest absolute Gasteiger partial charge is 0.191 e. The van der Waals surface area contributed by atoms with Gasteiger partial charge in [-0.3, -0.25) is 4.90 Å². The van der Waals surface area contributed by atoms with Gasteiger partial charge in [-0.2, -0.15) is 0 Å². The van der Waals surface area contributed by atoms with Crippen LogP contribution in [0.3, 0.4) is 0 Å². The van der Waals surface area contributed by atoms with Gasteiger partial charge in [-0.15, -0.1) is 0 Å². The van der Waals surface area contributed by atoms with Crippen molar-refractivity contribution in [1.29, 1.82) is 0 Å². The van der Waals surface area contributed by atoms with Crippen molar-refractivity contribution in [2.24, 2.45) is 4.99 Å². The van der Waals surface area contributed by atoms with E-state index >= 15 is 0 Å². The minimum absolute atomic E-state index is 0.448. The van der Waals surface area contributed by atoms with Gasteiger partial charge in [0.2, 0.25) is 0 Å². The molecule has 1 aliphatic rings. The summed E-state index contributed by atoms with van der Waals surface area (Å²) >= 11 is 0. The van der Waals surface area contributed by atoms with Gasteiger partial charge in [-0.1, -0.05) is 60.7 Å². The van der Waals surface area contributed by atoms with Crippen LogP contribution in [0, 0.1) is 0 Å². The molecule has 2 aromatic carbocycles. The van der Waals surface area contributed by atoms with Gasteiger partial charge in [0.15, 0.2) is 5.96 Å². The molecule has 2 N–H and O–H groups in total. The summed E-state index contributed by atoms with van der Waals surface area (Å²) in [6.45, 7) is 7.57. The fraction of sp³-hybridized carbons (Fsp3) is 0.385. The van der Waals surface area contributed by atoms with E-state index in [-0.39, 0.29) is 0 Å². The molecule has 168 valence electrons. The number of likely N-dealkylation sites (tertiary alicyclic amines) is 1. The first-order valence-corrected chi connectivity index (χ1v) is 11.6. The van der Waals surface area contributed by atoms with E-state index in [2.05, 4.69) is 86.6 Å². The number of benzene rings is 2. The second kappa shape index (κ2) is 11.5. The third kappa shape index (κ3) is 6.44. The van der Waals surface area contributed by atoms with Crippen molar-refractivity contribution >= 4 is 5.96 Å². The van der Waals surface area contributed by atoms with Crippen LogP contribution in [0.1, 0.15) is 36.7 Å². The van der Waals surface area contributed by atoms with E-state index in [1.54, 1.807) is 0 Å². The van der Waals surface area contributed by atoms with E-state index in [9.17, 15) is 0 Å². The van der Waals surface area contributed by atoms with E-state index in [4.69, 9.17) is 4.99 Å². The highest BCUT2D eigenvalue weighted by atomic mass is 15.2. The van der Waals surface area contributed by atoms with E-state index in [0.717, 1.165) is 57.3 Å². The van der Waals surface area contributed by atoms with Gasteiger partial charge in [0.25, 0.3) is 0 Å². The lowest BCUT2D eigenvalue weighted by Crippen LogP contribution is -2.48. The van der Waals surface area contributed by atoms with Crippen molar-refractivity contribution in [2.75, 3.05) is 19.6 Å². The van der Waals surface area contributed by atoms with Crippen molar-refractivity contribution in [1.82, 2.24) is 25.1 Å². The van der Waals surface area contributed by atoms with Crippen LogP contribution in [0.2, 0.25) is 0 Å². The van der Waals surface area contributed by atoms with E-state index in [0.29, 0.717) is 12.6 Å². The molecule has 4 rings (SSSR count). The SMILES string of the molecule is CCNC(=NCc1nccn1Cc1ccccc1)NC1CCN(Cc2ccccc2)CC1. The van der Waals surface area contributed by atoms with Crippen LogP contribution in [0.25, 0.3) is 0 Å². The van der Waals surface area contributed by atoms with E-state index in [1.165, 1.54) is 11.1 Å². The third-order valence-corrected chi connectivity index (χ3v) is 5.90. The molecule has 2 heterocycles. The maximum absolute atomic E-state index is 4.84. The summed E-state index contributed by atoms with van der Waals surface area (Å²) < 4.78 is 2.17. The Labute approximate surface area is 191 Å². The minimum atomic E-state index is 0.448. The van der Waals surface area contributed by atoms with Crippen LogP contribution in [0.4, 0.5) is 0 Å².